The minimum absolute atomic E-state index is 0.0259. The summed E-state index contributed by atoms with van der Waals surface area (Å²) < 4.78 is 48.9. The molecule has 8 fully saturated rings. The number of aliphatic carboxylic acids is 1. The van der Waals surface area contributed by atoms with E-state index in [9.17, 15) is 71.2 Å². The molecule has 22 heteroatoms. The predicted octanol–water partition coefficient (Wildman–Crippen LogP) is -0.829. The molecule has 0 aromatic heterocycles. The second kappa shape index (κ2) is 20.7. The van der Waals surface area contributed by atoms with Crippen molar-refractivity contribution in [3.8, 4) is 0 Å². The number of fused-ring (bicyclic) bond motifs is 7. The van der Waals surface area contributed by atoms with Gasteiger partial charge in [0.15, 0.2) is 25.2 Å². The number of aliphatic hydroxyl groups excluding tert-OH is 11. The fraction of sp³-hybridized carbons (Fsp3) is 0.943. The van der Waals surface area contributed by atoms with Gasteiger partial charge in [-0.15, -0.1) is 0 Å². The molecule has 4 aliphatic heterocycles. The Bertz CT molecular complexity index is 2080. The summed E-state index contributed by atoms with van der Waals surface area (Å²) in [4.78, 5) is 13.2. The van der Waals surface area contributed by atoms with Gasteiger partial charge in [0.25, 0.3) is 0 Å². The molecule has 13 N–H and O–H groups in total. The van der Waals surface area contributed by atoms with Crippen LogP contribution in [0.1, 0.15) is 113 Å². The number of carboxylic acids is 1. The highest BCUT2D eigenvalue weighted by atomic mass is 16.8. The van der Waals surface area contributed by atoms with Crippen LogP contribution in [0.5, 0.6) is 0 Å². The van der Waals surface area contributed by atoms with Crippen molar-refractivity contribution in [3.05, 3.63) is 11.6 Å². The molecule has 430 valence electrons. The Labute approximate surface area is 437 Å². The second-order valence-corrected chi connectivity index (χ2v) is 26.0. The summed E-state index contributed by atoms with van der Waals surface area (Å²) >= 11 is 0. The molecule has 0 bridgehead atoms. The van der Waals surface area contributed by atoms with Gasteiger partial charge in [0, 0.05) is 0 Å². The first-order chi connectivity index (χ1) is 35.1. The second-order valence-electron chi connectivity index (χ2n) is 26.0. The van der Waals surface area contributed by atoms with Gasteiger partial charge in [0.1, 0.15) is 85.0 Å². The van der Waals surface area contributed by atoms with Crippen LogP contribution < -0.4 is 0 Å². The number of allylic oxidation sites excluding steroid dienone is 2. The van der Waals surface area contributed by atoms with E-state index in [4.69, 9.17) is 37.9 Å². The third-order valence-corrected chi connectivity index (χ3v) is 21.2. The summed E-state index contributed by atoms with van der Waals surface area (Å²) in [6, 6.07) is 0. The molecule has 22 nitrogen and oxygen atoms in total. The average Bonchev–Trinajstić information content (AvgIpc) is 3.65. The fourth-order valence-corrected chi connectivity index (χ4v) is 16.3. The molecule has 0 aromatic rings. The Kier molecular flexibility index (Phi) is 16.1. The quantitative estimate of drug-likeness (QED) is 0.0791. The molecule has 1 unspecified atom stereocenters. The molecule has 0 radical (unpaired) electrons. The highest BCUT2D eigenvalue weighted by molar-refractivity contribution is 5.76. The maximum atomic E-state index is 13.2. The van der Waals surface area contributed by atoms with Gasteiger partial charge in [0.05, 0.1) is 44.6 Å². The molecule has 0 aromatic carbocycles. The van der Waals surface area contributed by atoms with E-state index >= 15 is 0 Å². The molecule has 0 amide bonds. The molecule has 9 rings (SSSR count). The first-order valence-corrected chi connectivity index (χ1v) is 27.2. The maximum absolute atomic E-state index is 13.2. The van der Waals surface area contributed by atoms with Crippen molar-refractivity contribution in [2.45, 2.75) is 229 Å². The maximum Gasteiger partial charge on any atom is 0.310 e. The van der Waals surface area contributed by atoms with Gasteiger partial charge in [0.2, 0.25) is 0 Å². The molecule has 4 saturated heterocycles. The predicted molar refractivity (Wildman–Crippen MR) is 257 cm³/mol. The minimum atomic E-state index is -2.15. The molecule has 4 saturated carbocycles. The monoisotopic (exact) mass is 1070 g/mol. The van der Waals surface area contributed by atoms with Gasteiger partial charge in [-0.25, -0.2) is 0 Å². The zero-order valence-electron chi connectivity index (χ0n) is 44.3. The van der Waals surface area contributed by atoms with Crippen LogP contribution in [0.3, 0.4) is 0 Å². The summed E-state index contributed by atoms with van der Waals surface area (Å²) in [5, 5.41) is 141. The lowest BCUT2D eigenvalue weighted by atomic mass is 9.33. The molecule has 5 aliphatic carbocycles. The van der Waals surface area contributed by atoms with Crippen molar-refractivity contribution in [3.63, 3.8) is 0 Å². The summed E-state index contributed by atoms with van der Waals surface area (Å²) in [5.41, 5.74) is -2.72. The minimum Gasteiger partial charge on any atom is -0.481 e. The Morgan fingerprint density at radius 3 is 1.80 bits per heavy atom. The number of aliphatic hydroxyl groups is 12. The van der Waals surface area contributed by atoms with Crippen LogP contribution >= 0.6 is 0 Å². The van der Waals surface area contributed by atoms with Crippen LogP contribution in [0, 0.1) is 50.2 Å². The smallest absolute Gasteiger partial charge is 0.310 e. The summed E-state index contributed by atoms with van der Waals surface area (Å²) in [5.74, 6) is -0.396. The number of rotatable bonds is 13. The third kappa shape index (κ3) is 9.31. The first kappa shape index (κ1) is 58.1. The molecular weight excluding hydrogens is 989 g/mol. The fourth-order valence-electron chi connectivity index (χ4n) is 16.3. The molecule has 9 aliphatic rings. The van der Waals surface area contributed by atoms with Crippen LogP contribution in [0.25, 0.3) is 0 Å². The Hall–Kier alpha value is -1.59. The number of ether oxygens (including phenoxy) is 8. The summed E-state index contributed by atoms with van der Waals surface area (Å²) in [6.07, 6.45) is -20.4. The van der Waals surface area contributed by atoms with E-state index in [0.717, 1.165) is 44.9 Å². The molecule has 4 heterocycles. The van der Waals surface area contributed by atoms with E-state index in [0.29, 0.717) is 19.3 Å². The largest absolute Gasteiger partial charge is 0.481 e. The lowest BCUT2D eigenvalue weighted by molar-refractivity contribution is -0.402. The van der Waals surface area contributed by atoms with Crippen molar-refractivity contribution in [1.82, 2.24) is 0 Å². The highest BCUT2D eigenvalue weighted by Gasteiger charge is 2.70. The van der Waals surface area contributed by atoms with Crippen molar-refractivity contribution >= 4 is 5.97 Å². The Balaban J connectivity index is 1.01. The van der Waals surface area contributed by atoms with E-state index in [1.54, 1.807) is 0 Å². The normalized spacial score (nSPS) is 53.4. The summed E-state index contributed by atoms with van der Waals surface area (Å²) in [7, 11) is 0. The van der Waals surface area contributed by atoms with E-state index in [1.165, 1.54) is 5.57 Å². The zero-order valence-corrected chi connectivity index (χ0v) is 44.3. The first-order valence-electron chi connectivity index (χ1n) is 27.2. The highest BCUT2D eigenvalue weighted by Crippen LogP contribution is 2.76. The van der Waals surface area contributed by atoms with Gasteiger partial charge in [-0.1, -0.05) is 60.1 Å². The van der Waals surface area contributed by atoms with Crippen LogP contribution in [-0.4, -0.2) is 222 Å². The number of hydrogen-bond donors (Lipinski definition) is 13. The standard InChI is InChI=1S/C53H86O22/c1-47(2)14-16-52(46(65)66)17-15-50(6)24(25(52)18-47)8-9-30-49(5)12-11-31(48(3,4)29(49)10-13-51(30,50)7)72-44-40(75-42-36(62)35(61)32(58)26(19-54)69-42)39(34(60)28(21-56)71-44)74-43-37(63)38(33(59)27(20-55)70-43)73-45-41(64)53(67,22-57)23-68-45/h8,25-45,54-64,67H,9-23H2,1-7H3,(H,65,66)/t25-,26+,27+,28+,29?,30+,31-,32+,33-,34+,35-,36+,37+,38-,39-,40+,41-,42-,43-,44-,45-,49-,50+,51+,52-,53+/m0/s1. The number of carbonyl (C=O) groups is 1. The van der Waals surface area contributed by atoms with Crippen LogP contribution in [-0.2, 0) is 42.7 Å². The van der Waals surface area contributed by atoms with E-state index in [-0.39, 0.29) is 39.4 Å². The van der Waals surface area contributed by atoms with Gasteiger partial charge < -0.3 is 104 Å². The molecular formula is C53H86O22. The van der Waals surface area contributed by atoms with Crippen molar-refractivity contribution in [2.75, 3.05) is 33.0 Å². The van der Waals surface area contributed by atoms with Crippen molar-refractivity contribution in [2.24, 2.45) is 50.2 Å². The average molecular weight is 1080 g/mol. The van der Waals surface area contributed by atoms with Gasteiger partial charge in [-0.3, -0.25) is 4.79 Å². The van der Waals surface area contributed by atoms with Gasteiger partial charge in [-0.2, -0.15) is 0 Å². The summed E-state index contributed by atoms with van der Waals surface area (Å²) in [6.45, 7) is 12.1. The van der Waals surface area contributed by atoms with E-state index in [1.807, 2.05) is 0 Å². The molecule has 26 atom stereocenters. The Morgan fingerprint density at radius 1 is 0.613 bits per heavy atom. The van der Waals surface area contributed by atoms with Gasteiger partial charge in [-0.05, 0) is 109 Å². The molecule has 75 heavy (non-hydrogen) atoms. The number of hydrogen-bond acceptors (Lipinski definition) is 21. The van der Waals surface area contributed by atoms with Crippen molar-refractivity contribution < 1.29 is 109 Å². The van der Waals surface area contributed by atoms with Crippen LogP contribution in [0.2, 0.25) is 0 Å². The zero-order chi connectivity index (χ0) is 54.7. The van der Waals surface area contributed by atoms with Crippen LogP contribution in [0.4, 0.5) is 0 Å². The van der Waals surface area contributed by atoms with Gasteiger partial charge >= 0.3 is 5.97 Å². The SMILES string of the molecule is CC1(C)CC[C@]2(C(=O)O)CC[C@]3(C)C(=CC[C@@H]4[C@@]5(C)CC[C@H](O[C@@H]6O[C@H](CO)[C@@H](O)[C@H](O[C@@H]7O[C@H](CO)[C@H](O)[C@H](O[C@@H]8OC[C@](O)(CO)[C@H]8O)[C@H]7O)[C@H]6O[C@@H]6O[C@H](CO)[C@@H](O)[C@H](O)[C@H]6O)C(C)(C)C5CC[C@]43C)[C@@H]2C1. The molecule has 0 spiro atoms. The van der Waals surface area contributed by atoms with Crippen LogP contribution in [0.15, 0.2) is 11.6 Å². The van der Waals surface area contributed by atoms with E-state index in [2.05, 4.69) is 54.5 Å². The third-order valence-electron chi connectivity index (χ3n) is 21.2. The Morgan fingerprint density at radius 2 is 1.19 bits per heavy atom. The lowest BCUT2D eigenvalue weighted by Crippen LogP contribution is -2.68. The number of carboxylic acid groups (broad SMARTS) is 1. The van der Waals surface area contributed by atoms with Crippen molar-refractivity contribution in [1.29, 1.82) is 0 Å². The lowest BCUT2D eigenvalue weighted by Gasteiger charge is -2.71. The topological polar surface area (TPSA) is 354 Å². The van der Waals surface area contributed by atoms with E-state index < -0.39 is 166 Å².